The van der Waals surface area contributed by atoms with Gasteiger partial charge in [-0.15, -0.1) is 0 Å². The molecule has 1 heterocycles. The van der Waals surface area contributed by atoms with Gasteiger partial charge in [0, 0.05) is 35.8 Å². The van der Waals surface area contributed by atoms with Gasteiger partial charge in [0.2, 0.25) is 0 Å². The minimum absolute atomic E-state index is 0.147. The van der Waals surface area contributed by atoms with Crippen molar-refractivity contribution in [3.63, 3.8) is 0 Å². The van der Waals surface area contributed by atoms with Gasteiger partial charge < -0.3 is 25.2 Å². The number of carbonyl (C=O) groups is 2. The van der Waals surface area contributed by atoms with Crippen molar-refractivity contribution in [2.45, 2.75) is 51.5 Å². The van der Waals surface area contributed by atoms with E-state index in [1.165, 1.54) is 30.3 Å². The predicted molar refractivity (Wildman–Crippen MR) is 161 cm³/mol. The fourth-order valence-electron chi connectivity index (χ4n) is 5.04. The number of amides is 1. The zero-order valence-electron chi connectivity index (χ0n) is 23.9. The molecule has 4 aromatic rings. The first kappa shape index (κ1) is 31.3. The molecule has 0 bridgehead atoms. The summed E-state index contributed by atoms with van der Waals surface area (Å²) in [5, 5.41) is 32.6. The number of halogens is 2. The maximum absolute atomic E-state index is 14.0. The van der Waals surface area contributed by atoms with Crippen LogP contribution in [0.4, 0.5) is 8.78 Å². The number of benzene rings is 3. The lowest BCUT2D eigenvalue weighted by molar-refractivity contribution is -0.139. The standard InChI is InChI=1S/C34H34F2N2O5/c1-21(2)38-29(17-16-27(39)18-28(40)19-30(41)42)31(24-10-14-26(36)15-11-24)32(23-6-4-3-5-7-23)33(38)34(43)37-20-22-8-12-25(35)13-9-22/h3-17,21,27-28,39-40H,18-20H2,1-2H3,(H,37,43)(H,41,42)/b17-16+/t27-,28-/m1/s1. The van der Waals surface area contributed by atoms with Crippen LogP contribution in [0.15, 0.2) is 84.9 Å². The Morgan fingerprint density at radius 1 is 0.860 bits per heavy atom. The molecule has 0 aliphatic carbocycles. The molecule has 9 heteroatoms. The number of aliphatic carboxylic acids is 1. The molecule has 0 saturated carbocycles. The van der Waals surface area contributed by atoms with Gasteiger partial charge in [0.05, 0.1) is 18.6 Å². The van der Waals surface area contributed by atoms with Crippen LogP contribution in [-0.2, 0) is 11.3 Å². The Bertz CT molecular complexity index is 1580. The highest BCUT2D eigenvalue weighted by molar-refractivity contribution is 6.06. The number of nitrogens with zero attached hydrogens (tertiary/aromatic N) is 1. The van der Waals surface area contributed by atoms with Crippen LogP contribution in [-0.4, -0.2) is 44.0 Å². The molecule has 0 aliphatic rings. The van der Waals surface area contributed by atoms with Crippen molar-refractivity contribution < 1.29 is 33.7 Å². The number of rotatable bonds is 12. The number of aliphatic hydroxyl groups excluding tert-OH is 2. The van der Waals surface area contributed by atoms with Gasteiger partial charge in [-0.2, -0.15) is 0 Å². The number of carboxylic acids is 1. The molecule has 224 valence electrons. The summed E-state index contributed by atoms with van der Waals surface area (Å²) in [5.41, 5.74) is 4.19. The van der Waals surface area contributed by atoms with Crippen molar-refractivity contribution >= 4 is 18.0 Å². The van der Waals surface area contributed by atoms with E-state index in [1.807, 2.05) is 48.7 Å². The van der Waals surface area contributed by atoms with Gasteiger partial charge in [-0.25, -0.2) is 8.78 Å². The second kappa shape index (κ2) is 14.0. The molecule has 4 N–H and O–H groups in total. The highest BCUT2D eigenvalue weighted by atomic mass is 19.1. The maximum atomic E-state index is 14.0. The van der Waals surface area contributed by atoms with Gasteiger partial charge in [-0.3, -0.25) is 9.59 Å². The quantitative estimate of drug-likeness (QED) is 0.157. The monoisotopic (exact) mass is 588 g/mol. The van der Waals surface area contributed by atoms with E-state index in [2.05, 4.69) is 5.32 Å². The lowest BCUT2D eigenvalue weighted by Crippen LogP contribution is -2.27. The van der Waals surface area contributed by atoms with E-state index < -0.39 is 36.3 Å². The van der Waals surface area contributed by atoms with E-state index in [4.69, 9.17) is 5.11 Å². The number of hydrogen-bond donors (Lipinski definition) is 4. The van der Waals surface area contributed by atoms with Gasteiger partial charge in [0.15, 0.2) is 0 Å². The first-order valence-corrected chi connectivity index (χ1v) is 13.9. The SMILES string of the molecule is CC(C)n1c(/C=C/[C@@H](O)C[C@@H](O)CC(=O)O)c(-c2ccc(F)cc2)c(-c2ccccc2)c1C(=O)NCc1ccc(F)cc1. The molecule has 0 fully saturated rings. The lowest BCUT2D eigenvalue weighted by Gasteiger charge is -2.17. The normalized spacial score (nSPS) is 12.9. The summed E-state index contributed by atoms with van der Waals surface area (Å²) in [5.74, 6) is -2.38. The van der Waals surface area contributed by atoms with E-state index in [-0.39, 0.29) is 24.8 Å². The fraction of sp³-hybridized carbons (Fsp3) is 0.235. The Morgan fingerprint density at radius 2 is 1.44 bits per heavy atom. The van der Waals surface area contributed by atoms with Gasteiger partial charge in [0.1, 0.15) is 17.3 Å². The maximum Gasteiger partial charge on any atom is 0.305 e. The molecule has 3 aromatic carbocycles. The number of hydrogen-bond acceptors (Lipinski definition) is 4. The van der Waals surface area contributed by atoms with E-state index in [0.717, 1.165) is 5.56 Å². The summed E-state index contributed by atoms with van der Waals surface area (Å²) in [6.45, 7) is 3.96. The summed E-state index contributed by atoms with van der Waals surface area (Å²) in [6, 6.07) is 20.8. The summed E-state index contributed by atoms with van der Waals surface area (Å²) in [7, 11) is 0. The Morgan fingerprint density at radius 3 is 2.02 bits per heavy atom. The van der Waals surface area contributed by atoms with Crippen molar-refractivity contribution in [1.29, 1.82) is 0 Å². The minimum Gasteiger partial charge on any atom is -0.481 e. The third kappa shape index (κ3) is 7.82. The first-order valence-electron chi connectivity index (χ1n) is 13.9. The molecule has 4 rings (SSSR count). The molecule has 0 saturated heterocycles. The summed E-state index contributed by atoms with van der Waals surface area (Å²) >= 11 is 0. The number of carboxylic acid groups (broad SMARTS) is 1. The van der Waals surface area contributed by atoms with E-state index in [1.54, 1.807) is 30.3 Å². The number of carbonyl (C=O) groups excluding carboxylic acids is 1. The molecule has 0 radical (unpaired) electrons. The lowest BCUT2D eigenvalue weighted by atomic mass is 9.94. The first-order chi connectivity index (χ1) is 20.5. The molecule has 0 aliphatic heterocycles. The molecule has 43 heavy (non-hydrogen) atoms. The molecular formula is C34H34F2N2O5. The Balaban J connectivity index is 1.90. The van der Waals surface area contributed by atoms with Crippen LogP contribution in [0.25, 0.3) is 28.3 Å². The largest absolute Gasteiger partial charge is 0.481 e. The zero-order valence-corrected chi connectivity index (χ0v) is 23.9. The second-order valence-electron chi connectivity index (χ2n) is 10.5. The number of aromatic nitrogens is 1. The van der Waals surface area contributed by atoms with Crippen LogP contribution in [0.5, 0.6) is 0 Å². The van der Waals surface area contributed by atoms with Crippen LogP contribution in [0, 0.1) is 11.6 Å². The van der Waals surface area contributed by atoms with Crippen LogP contribution in [0.3, 0.4) is 0 Å². The Kier molecular flexibility index (Phi) is 10.2. The van der Waals surface area contributed by atoms with Gasteiger partial charge in [0.25, 0.3) is 5.91 Å². The Hall–Kier alpha value is -4.60. The third-order valence-electron chi connectivity index (χ3n) is 6.94. The summed E-state index contributed by atoms with van der Waals surface area (Å²) in [4.78, 5) is 25.0. The van der Waals surface area contributed by atoms with Crippen molar-refractivity contribution in [2.75, 3.05) is 0 Å². The third-order valence-corrected chi connectivity index (χ3v) is 6.94. The highest BCUT2D eigenvalue weighted by Crippen LogP contribution is 2.42. The average Bonchev–Trinajstić information content (AvgIpc) is 3.31. The Labute approximate surface area is 248 Å². The van der Waals surface area contributed by atoms with Crippen molar-refractivity contribution in [3.8, 4) is 22.3 Å². The van der Waals surface area contributed by atoms with Crippen LogP contribution >= 0.6 is 0 Å². The summed E-state index contributed by atoms with van der Waals surface area (Å²) in [6.07, 6.45) is -0.0558. The molecule has 0 spiro atoms. The van der Waals surface area contributed by atoms with E-state index in [0.29, 0.717) is 33.6 Å². The summed E-state index contributed by atoms with van der Waals surface area (Å²) < 4.78 is 29.3. The molecular weight excluding hydrogens is 554 g/mol. The van der Waals surface area contributed by atoms with Crippen LogP contribution < -0.4 is 5.32 Å². The van der Waals surface area contributed by atoms with Crippen molar-refractivity contribution in [3.05, 3.63) is 114 Å². The molecule has 1 amide bonds. The zero-order chi connectivity index (χ0) is 31.1. The van der Waals surface area contributed by atoms with Crippen molar-refractivity contribution in [1.82, 2.24) is 9.88 Å². The topological polar surface area (TPSA) is 112 Å². The van der Waals surface area contributed by atoms with Crippen molar-refractivity contribution in [2.24, 2.45) is 0 Å². The minimum atomic E-state index is -1.25. The smallest absolute Gasteiger partial charge is 0.305 e. The van der Waals surface area contributed by atoms with E-state index >= 15 is 0 Å². The highest BCUT2D eigenvalue weighted by Gasteiger charge is 2.29. The second-order valence-corrected chi connectivity index (χ2v) is 10.5. The van der Waals surface area contributed by atoms with Gasteiger partial charge >= 0.3 is 5.97 Å². The van der Waals surface area contributed by atoms with Crippen LogP contribution in [0.2, 0.25) is 0 Å². The predicted octanol–water partition coefficient (Wildman–Crippen LogP) is 6.21. The molecule has 7 nitrogen and oxygen atoms in total. The van der Waals surface area contributed by atoms with Crippen LogP contribution in [0.1, 0.15) is 54.5 Å². The fourth-order valence-corrected chi connectivity index (χ4v) is 5.04. The molecule has 0 unspecified atom stereocenters. The molecule has 1 aromatic heterocycles. The number of nitrogens with one attached hydrogen (secondary N) is 1. The van der Waals surface area contributed by atoms with E-state index in [9.17, 15) is 28.6 Å². The number of aliphatic hydroxyl groups is 2. The average molecular weight is 589 g/mol. The molecule has 2 atom stereocenters. The van der Waals surface area contributed by atoms with Gasteiger partial charge in [-0.05, 0) is 60.9 Å². The van der Waals surface area contributed by atoms with Gasteiger partial charge in [-0.1, -0.05) is 60.7 Å².